The van der Waals surface area contributed by atoms with Gasteiger partial charge in [0.2, 0.25) is 0 Å². The summed E-state index contributed by atoms with van der Waals surface area (Å²) in [5.41, 5.74) is 5.15. The van der Waals surface area contributed by atoms with Crippen LogP contribution in [0.5, 0.6) is 0 Å². The average Bonchev–Trinajstić information content (AvgIpc) is 3.02. The number of aryl methyl sites for hydroxylation is 3. The first kappa shape index (κ1) is 52.6. The van der Waals surface area contributed by atoms with Gasteiger partial charge in [0.15, 0.2) is 0 Å². The Hall–Kier alpha value is -2.25. The van der Waals surface area contributed by atoms with Crippen molar-refractivity contribution in [2.45, 2.75) is 154 Å². The van der Waals surface area contributed by atoms with E-state index in [0.29, 0.717) is 23.6 Å². The second-order valence-corrected chi connectivity index (χ2v) is 13.5. The van der Waals surface area contributed by atoms with Crippen molar-refractivity contribution in [3.05, 3.63) is 70.6 Å². The van der Waals surface area contributed by atoms with E-state index < -0.39 is 0 Å². The Morgan fingerprint density at radius 2 is 1.42 bits per heavy atom. The van der Waals surface area contributed by atoms with Crippen LogP contribution in [0.15, 0.2) is 31.0 Å². The van der Waals surface area contributed by atoms with Gasteiger partial charge in [-0.2, -0.15) is 0 Å². The largest absolute Gasteiger partial charge is 0.380 e. The van der Waals surface area contributed by atoms with E-state index in [-0.39, 0.29) is 17.2 Å². The first-order valence-electron chi connectivity index (χ1n) is 17.9. The highest BCUT2D eigenvalue weighted by Gasteiger charge is 2.23. The molecule has 0 fully saturated rings. The summed E-state index contributed by atoms with van der Waals surface area (Å²) >= 11 is 1.36. The third kappa shape index (κ3) is 28.7. The van der Waals surface area contributed by atoms with Gasteiger partial charge in [-0.15, -0.1) is 0 Å². The molecule has 0 amide bonds. The standard InChI is InChI=1S/C18H28FN.C12H18FN.C4H10.C3H6O.C2H6OS.C2H6/c1-7-9-18(6,10-8-2)20-15(5)16-11-13(3)14(4)12-17(16)19;1-4-5-10-7-11(6-9(2)3)14-8-12(10)13;1-4(2)3;1-2-3-4;1-3-4-2;1-2/h11-12,20H,5,7-10H2,1-4,6H3;7-9H,4-6H2,1-3H3;4H,1-3H3;3H,2H2,1H3;1-2H3;1-2H3. The average molecular weight is 697 g/mol. The lowest BCUT2D eigenvalue weighted by atomic mass is 9.90. The Morgan fingerprint density at radius 1 is 0.958 bits per heavy atom. The lowest BCUT2D eigenvalue weighted by molar-refractivity contribution is -0.107. The zero-order chi connectivity index (χ0) is 38.3. The van der Waals surface area contributed by atoms with Gasteiger partial charge in [-0.1, -0.05) is 102 Å². The minimum absolute atomic E-state index is 0.00812. The number of benzene rings is 1. The molecular weight excluding hydrogens is 623 g/mol. The summed E-state index contributed by atoms with van der Waals surface area (Å²) in [6.45, 7) is 33.2. The van der Waals surface area contributed by atoms with Crippen molar-refractivity contribution >= 4 is 24.0 Å². The van der Waals surface area contributed by atoms with Gasteiger partial charge in [0.05, 0.1) is 13.3 Å². The minimum Gasteiger partial charge on any atom is -0.380 e. The summed E-state index contributed by atoms with van der Waals surface area (Å²) in [6, 6.07) is 5.38. The summed E-state index contributed by atoms with van der Waals surface area (Å²) in [6.07, 6.45) is 11.8. The molecule has 0 aliphatic carbocycles. The molecule has 2 rings (SSSR count). The van der Waals surface area contributed by atoms with Crippen LogP contribution in [-0.2, 0) is 21.8 Å². The molecule has 2 aromatic rings. The fourth-order valence-electron chi connectivity index (χ4n) is 4.32. The highest BCUT2D eigenvalue weighted by Crippen LogP contribution is 2.26. The molecule has 7 heteroatoms. The van der Waals surface area contributed by atoms with E-state index in [1.165, 1.54) is 18.2 Å². The maximum atomic E-state index is 14.1. The van der Waals surface area contributed by atoms with Gasteiger partial charge < -0.3 is 14.3 Å². The van der Waals surface area contributed by atoms with Crippen molar-refractivity contribution in [2.24, 2.45) is 11.8 Å². The van der Waals surface area contributed by atoms with Gasteiger partial charge in [0.1, 0.15) is 17.9 Å². The van der Waals surface area contributed by atoms with Crippen molar-refractivity contribution < 1.29 is 17.8 Å². The Kier molecular flexibility index (Phi) is 36.4. The molecule has 0 atom stereocenters. The molecule has 0 aliphatic rings. The van der Waals surface area contributed by atoms with Crippen molar-refractivity contribution in [3.8, 4) is 0 Å². The van der Waals surface area contributed by atoms with Gasteiger partial charge in [0.25, 0.3) is 0 Å². The zero-order valence-electron chi connectivity index (χ0n) is 33.8. The number of rotatable bonds is 13. The summed E-state index contributed by atoms with van der Waals surface area (Å²) in [4.78, 5) is 13.3. The lowest BCUT2D eigenvalue weighted by Crippen LogP contribution is -2.40. The van der Waals surface area contributed by atoms with E-state index in [9.17, 15) is 13.6 Å². The van der Waals surface area contributed by atoms with Gasteiger partial charge in [-0.05, 0) is 105 Å². The molecule has 280 valence electrons. The van der Waals surface area contributed by atoms with E-state index >= 15 is 0 Å². The highest BCUT2D eigenvalue weighted by atomic mass is 32.2. The number of aldehydes is 1. The van der Waals surface area contributed by atoms with Crippen molar-refractivity contribution in [2.75, 3.05) is 13.4 Å². The van der Waals surface area contributed by atoms with Gasteiger partial charge >= 0.3 is 0 Å². The summed E-state index contributed by atoms with van der Waals surface area (Å²) in [5, 5.41) is 3.46. The molecule has 1 heterocycles. The number of carbonyl (C=O) groups excluding carboxylic acids is 1. The fraction of sp³-hybridized carbons (Fsp3) is 0.659. The molecule has 0 spiro atoms. The molecule has 0 unspecified atom stereocenters. The molecule has 0 saturated carbocycles. The molecule has 1 aromatic carbocycles. The summed E-state index contributed by atoms with van der Waals surface area (Å²) < 4.78 is 31.8. The van der Waals surface area contributed by atoms with Gasteiger partial charge in [-0.25, -0.2) is 8.78 Å². The van der Waals surface area contributed by atoms with Crippen LogP contribution in [0, 0.1) is 37.3 Å². The normalized spacial score (nSPS) is 10.0. The molecule has 1 aromatic heterocycles. The van der Waals surface area contributed by atoms with Crippen LogP contribution in [0.25, 0.3) is 5.70 Å². The Balaban J connectivity index is -0.000000298. The van der Waals surface area contributed by atoms with Crippen LogP contribution in [0.3, 0.4) is 0 Å². The van der Waals surface area contributed by atoms with Crippen LogP contribution >= 0.6 is 12.0 Å². The quantitative estimate of drug-likeness (QED) is 0.167. The molecule has 0 aliphatic heterocycles. The molecular formula is C41H74F2N2O2S. The number of pyridine rings is 1. The highest BCUT2D eigenvalue weighted by molar-refractivity contribution is 7.93. The minimum atomic E-state index is -0.194. The van der Waals surface area contributed by atoms with Gasteiger partial charge in [0, 0.05) is 35.2 Å². The van der Waals surface area contributed by atoms with E-state index in [4.69, 9.17) is 0 Å². The van der Waals surface area contributed by atoms with Crippen LogP contribution < -0.4 is 5.32 Å². The number of aromatic nitrogens is 1. The monoisotopic (exact) mass is 697 g/mol. The molecule has 0 bridgehead atoms. The maximum absolute atomic E-state index is 14.1. The number of carbonyl (C=O) groups is 1. The van der Waals surface area contributed by atoms with E-state index in [2.05, 4.69) is 83.4 Å². The van der Waals surface area contributed by atoms with Crippen LogP contribution in [0.4, 0.5) is 8.78 Å². The second kappa shape index (κ2) is 33.3. The Labute approximate surface area is 300 Å². The molecule has 1 N–H and O–H groups in total. The number of halogens is 2. The van der Waals surface area contributed by atoms with E-state index in [1.54, 1.807) is 13.2 Å². The topological polar surface area (TPSA) is 51.2 Å². The number of hydrogen-bond acceptors (Lipinski definition) is 5. The second-order valence-electron chi connectivity index (χ2n) is 12.8. The molecule has 4 nitrogen and oxygen atoms in total. The number of nitrogens with one attached hydrogen (secondary N) is 1. The number of hydrogen-bond donors (Lipinski definition) is 1. The van der Waals surface area contributed by atoms with E-state index in [0.717, 1.165) is 79.5 Å². The van der Waals surface area contributed by atoms with Crippen molar-refractivity contribution in [1.82, 2.24) is 10.3 Å². The Bertz CT molecular complexity index is 1060. The zero-order valence-corrected chi connectivity index (χ0v) is 34.6. The smallest absolute Gasteiger partial charge is 0.144 e. The maximum Gasteiger partial charge on any atom is 0.144 e. The molecule has 0 saturated heterocycles. The Morgan fingerprint density at radius 3 is 1.79 bits per heavy atom. The van der Waals surface area contributed by atoms with E-state index in [1.807, 2.05) is 53.0 Å². The van der Waals surface area contributed by atoms with Crippen molar-refractivity contribution in [3.63, 3.8) is 0 Å². The third-order valence-electron chi connectivity index (χ3n) is 6.43. The third-order valence-corrected chi connectivity index (χ3v) is 6.76. The van der Waals surface area contributed by atoms with Gasteiger partial charge in [-0.3, -0.25) is 4.98 Å². The molecule has 48 heavy (non-hydrogen) atoms. The molecule has 0 radical (unpaired) electrons. The first-order valence-corrected chi connectivity index (χ1v) is 19.0. The summed E-state index contributed by atoms with van der Waals surface area (Å²) in [7, 11) is 1.64. The number of nitrogens with zero attached hydrogens (tertiary/aromatic N) is 1. The van der Waals surface area contributed by atoms with Crippen molar-refractivity contribution in [1.29, 1.82) is 0 Å². The predicted molar refractivity (Wildman–Crippen MR) is 212 cm³/mol. The summed E-state index contributed by atoms with van der Waals surface area (Å²) in [5.74, 6) is 1.04. The SMILES string of the molecule is C=C(NC(C)(CCC)CCC)c1cc(C)c(C)cc1F.CC.CC(C)C.CCC=O.CCCc1cc(CC(C)C)ncc1F.COSC. The van der Waals surface area contributed by atoms with Crippen LogP contribution in [0.2, 0.25) is 0 Å². The van der Waals surface area contributed by atoms with Crippen LogP contribution in [-0.4, -0.2) is 30.2 Å². The van der Waals surface area contributed by atoms with Crippen LogP contribution in [0.1, 0.15) is 150 Å². The first-order chi connectivity index (χ1) is 22.5. The lowest BCUT2D eigenvalue weighted by Gasteiger charge is -2.33. The fourth-order valence-corrected chi connectivity index (χ4v) is 4.32. The predicted octanol–water partition coefficient (Wildman–Crippen LogP) is 12.9.